The van der Waals surface area contributed by atoms with Gasteiger partial charge in [0.15, 0.2) is 38.6 Å². The summed E-state index contributed by atoms with van der Waals surface area (Å²) < 4.78 is 25.5. The van der Waals surface area contributed by atoms with E-state index in [-0.39, 0.29) is 13.6 Å². The Morgan fingerprint density at radius 3 is 2.19 bits per heavy atom. The van der Waals surface area contributed by atoms with Crippen LogP contribution in [-0.2, 0) is 0 Å². The van der Waals surface area contributed by atoms with Gasteiger partial charge in [-0.15, -0.1) is 22.7 Å². The van der Waals surface area contributed by atoms with Gasteiger partial charge in [0.05, 0.1) is 47.6 Å². The smallest absolute Gasteiger partial charge is 0.231 e. The van der Waals surface area contributed by atoms with Gasteiger partial charge < -0.3 is 30.0 Å². The zero-order chi connectivity index (χ0) is 33.9. The van der Waals surface area contributed by atoms with Crippen molar-refractivity contribution in [3.8, 4) is 35.1 Å². The fourth-order valence-corrected chi connectivity index (χ4v) is 7.91. The van der Waals surface area contributed by atoms with Crippen LogP contribution >= 0.6 is 77.9 Å². The van der Waals surface area contributed by atoms with Crippen LogP contribution in [0.3, 0.4) is 0 Å². The molecule has 0 aliphatic carbocycles. The number of benzene rings is 2. The Hall–Kier alpha value is -4.10. The van der Waals surface area contributed by atoms with E-state index < -0.39 is 0 Å². The number of ether oxygens (including phenoxy) is 4. The summed E-state index contributed by atoms with van der Waals surface area (Å²) in [7, 11) is 0. The number of nitrogens with one attached hydrogen (secondary N) is 1. The summed E-state index contributed by atoms with van der Waals surface area (Å²) in [5, 5.41) is 22.8. The molecule has 0 bridgehead atoms. The second-order valence-electron chi connectivity index (χ2n) is 9.52. The van der Waals surface area contributed by atoms with Crippen LogP contribution in [0.15, 0.2) is 49.9 Å². The van der Waals surface area contributed by atoms with E-state index in [0.29, 0.717) is 61.8 Å². The molecule has 8 rings (SSSR count). The van der Waals surface area contributed by atoms with Gasteiger partial charge >= 0.3 is 0 Å². The quantitative estimate of drug-likeness (QED) is 0.128. The van der Waals surface area contributed by atoms with Crippen LogP contribution in [0.2, 0.25) is 5.02 Å². The highest BCUT2D eigenvalue weighted by atomic mass is 79.9. The summed E-state index contributed by atoms with van der Waals surface area (Å²) in [6, 6.07) is 11.5. The highest BCUT2D eigenvalue weighted by Crippen LogP contribution is 2.45. The van der Waals surface area contributed by atoms with Crippen molar-refractivity contribution < 1.29 is 18.9 Å². The number of hydrogen-bond acceptors (Lipinski definition) is 15. The van der Waals surface area contributed by atoms with Crippen LogP contribution in [0, 0.1) is 29.6 Å². The third-order valence-corrected chi connectivity index (χ3v) is 10.9. The Kier molecular flexibility index (Phi) is 10.3. The SMILES string of the molecule is CSc1nc2ncc(C#N)c(Nc3cc(Br)cc4c3OCO4)c2s1.Cc1nc2ncc(C#N)c(Cl)c2s1.Nc1cc(Br)cc2c1OCO2. The van der Waals surface area contributed by atoms with Crippen LogP contribution in [0.4, 0.5) is 17.1 Å². The van der Waals surface area contributed by atoms with Crippen molar-refractivity contribution >= 4 is 116 Å². The third-order valence-electron chi connectivity index (χ3n) is 6.45. The average molecular weight is 847 g/mol. The number of aromatic nitrogens is 4. The van der Waals surface area contributed by atoms with Crippen molar-refractivity contribution in [1.82, 2.24) is 19.9 Å². The first kappa shape index (κ1) is 33.8. The fourth-order valence-electron chi connectivity index (χ4n) is 4.39. The molecule has 6 aromatic rings. The Morgan fingerprint density at radius 2 is 1.50 bits per heavy atom. The zero-order valence-corrected chi connectivity index (χ0v) is 31.0. The van der Waals surface area contributed by atoms with E-state index >= 15 is 0 Å². The molecule has 0 radical (unpaired) electrons. The molecule has 3 N–H and O–H groups in total. The Labute approximate surface area is 307 Å². The van der Waals surface area contributed by atoms with Crippen LogP contribution in [0.25, 0.3) is 20.7 Å². The molecule has 0 saturated heterocycles. The molecule has 0 spiro atoms. The molecular weight excluding hydrogens is 828 g/mol. The lowest BCUT2D eigenvalue weighted by molar-refractivity contribution is 0.174. The van der Waals surface area contributed by atoms with Gasteiger partial charge in [-0.2, -0.15) is 10.5 Å². The molecule has 0 unspecified atom stereocenters. The molecular formula is C30H19Br2ClN8O4S3. The Bertz CT molecular complexity index is 2290. The van der Waals surface area contributed by atoms with Gasteiger partial charge in [-0.05, 0) is 37.4 Å². The first-order chi connectivity index (χ1) is 23.2. The topological polar surface area (TPSA) is 174 Å². The minimum absolute atomic E-state index is 0.175. The molecule has 4 aromatic heterocycles. The number of nitrogens with zero attached hydrogens (tertiary/aromatic N) is 6. The monoisotopic (exact) mass is 844 g/mol. The van der Waals surface area contributed by atoms with Crippen LogP contribution < -0.4 is 30.0 Å². The minimum atomic E-state index is 0.175. The molecule has 2 aromatic carbocycles. The maximum absolute atomic E-state index is 9.45. The summed E-state index contributed by atoms with van der Waals surface area (Å²) in [6.45, 7) is 2.32. The maximum atomic E-state index is 9.45. The third kappa shape index (κ3) is 7.02. The van der Waals surface area contributed by atoms with Gasteiger partial charge in [-0.3, -0.25) is 0 Å². The molecule has 48 heavy (non-hydrogen) atoms. The number of thiazole rings is 2. The van der Waals surface area contributed by atoms with E-state index in [1.807, 2.05) is 37.4 Å². The summed E-state index contributed by atoms with van der Waals surface area (Å²) >= 11 is 17.2. The Morgan fingerprint density at radius 1 is 0.875 bits per heavy atom. The van der Waals surface area contributed by atoms with Gasteiger partial charge in [-0.1, -0.05) is 55.2 Å². The summed E-state index contributed by atoms with van der Waals surface area (Å²) in [6.07, 6.45) is 4.94. The number of halogens is 3. The molecule has 2 aliphatic heterocycles. The molecule has 12 nitrogen and oxygen atoms in total. The van der Waals surface area contributed by atoms with Crippen molar-refractivity contribution in [2.24, 2.45) is 0 Å². The standard InChI is InChI=1S/C15H9BrN4O2S2.C8H4ClN3S.C7H6BrNO2/c1-23-15-20-14-13(24-15)11(7(4-17)5-18-14)19-9-2-8(16)3-10-12(9)22-6-21-10;1-4-12-8-7(13-4)6(9)5(2-10)3-11-8;8-4-1-5(9)7-6(2-4)10-3-11-7/h2-3,5H,6H2,1H3,(H,18,19);3H,1H3;1-2H,3,9H2. The summed E-state index contributed by atoms with van der Waals surface area (Å²) in [5.74, 6) is 2.64. The predicted molar refractivity (Wildman–Crippen MR) is 194 cm³/mol. The maximum Gasteiger partial charge on any atom is 0.231 e. The number of aryl methyl sites for hydroxylation is 1. The lowest BCUT2D eigenvalue weighted by atomic mass is 10.2. The van der Waals surface area contributed by atoms with Gasteiger partial charge in [0.25, 0.3) is 0 Å². The van der Waals surface area contributed by atoms with Crippen LogP contribution in [0.5, 0.6) is 23.0 Å². The number of rotatable bonds is 3. The van der Waals surface area contributed by atoms with Gasteiger partial charge in [0.1, 0.15) is 12.1 Å². The number of thioether (sulfide) groups is 1. The molecule has 0 amide bonds. The summed E-state index contributed by atoms with van der Waals surface area (Å²) in [5.41, 5.74) is 9.73. The zero-order valence-electron chi connectivity index (χ0n) is 24.6. The molecule has 2 aliphatic rings. The van der Waals surface area contributed by atoms with Crippen molar-refractivity contribution in [1.29, 1.82) is 10.5 Å². The van der Waals surface area contributed by atoms with E-state index in [1.54, 1.807) is 17.8 Å². The van der Waals surface area contributed by atoms with Crippen molar-refractivity contribution in [3.05, 3.63) is 66.8 Å². The van der Waals surface area contributed by atoms with E-state index in [0.717, 1.165) is 33.4 Å². The predicted octanol–water partition coefficient (Wildman–Crippen LogP) is 8.80. The molecule has 0 saturated carbocycles. The van der Waals surface area contributed by atoms with Gasteiger partial charge in [0.2, 0.25) is 13.6 Å². The summed E-state index contributed by atoms with van der Waals surface area (Å²) in [4.78, 5) is 16.9. The number of nitrogen functional groups attached to an aromatic ring is 1. The second kappa shape index (κ2) is 14.6. The number of anilines is 3. The normalized spacial score (nSPS) is 12.1. The number of nitrogens with two attached hydrogens (primary N) is 1. The van der Waals surface area contributed by atoms with E-state index in [2.05, 4.69) is 63.2 Å². The first-order valence-electron chi connectivity index (χ1n) is 13.4. The molecule has 6 heterocycles. The molecule has 0 atom stereocenters. The van der Waals surface area contributed by atoms with E-state index in [4.69, 9.17) is 41.5 Å². The van der Waals surface area contributed by atoms with E-state index in [1.165, 1.54) is 35.1 Å². The highest BCUT2D eigenvalue weighted by molar-refractivity contribution is 9.10. The number of nitriles is 2. The molecule has 0 fully saturated rings. The van der Waals surface area contributed by atoms with Crippen LogP contribution in [0.1, 0.15) is 16.1 Å². The second-order valence-corrected chi connectivity index (χ2v) is 15.0. The average Bonchev–Trinajstić information content (AvgIpc) is 3.88. The van der Waals surface area contributed by atoms with E-state index in [9.17, 15) is 5.26 Å². The lowest BCUT2D eigenvalue weighted by Gasteiger charge is -2.11. The first-order valence-corrected chi connectivity index (χ1v) is 18.3. The number of pyridine rings is 2. The largest absolute Gasteiger partial charge is 0.453 e. The van der Waals surface area contributed by atoms with Gasteiger partial charge in [-0.25, -0.2) is 19.9 Å². The van der Waals surface area contributed by atoms with Crippen molar-refractivity contribution in [2.45, 2.75) is 11.3 Å². The number of hydrogen-bond donors (Lipinski definition) is 2. The fraction of sp³-hybridized carbons (Fsp3) is 0.133. The molecule has 18 heteroatoms. The minimum Gasteiger partial charge on any atom is -0.453 e. The number of fused-ring (bicyclic) bond motifs is 4. The van der Waals surface area contributed by atoms with Crippen molar-refractivity contribution in [2.75, 3.05) is 30.9 Å². The van der Waals surface area contributed by atoms with Crippen LogP contribution in [-0.4, -0.2) is 39.8 Å². The van der Waals surface area contributed by atoms with Gasteiger partial charge in [0, 0.05) is 21.3 Å². The highest BCUT2D eigenvalue weighted by Gasteiger charge is 2.22. The molecule has 242 valence electrons. The van der Waals surface area contributed by atoms with Crippen molar-refractivity contribution in [3.63, 3.8) is 0 Å². The lowest BCUT2D eigenvalue weighted by Crippen LogP contribution is -1.98. The Balaban J connectivity index is 0.000000140.